The summed E-state index contributed by atoms with van der Waals surface area (Å²) in [5.41, 5.74) is 1.00. The lowest BCUT2D eigenvalue weighted by Gasteiger charge is -2.19. The van der Waals surface area contributed by atoms with Gasteiger partial charge in [-0.1, -0.05) is 18.5 Å². The summed E-state index contributed by atoms with van der Waals surface area (Å²) in [5.74, 6) is 0.921. The molecule has 0 atom stereocenters. The van der Waals surface area contributed by atoms with E-state index in [0.717, 1.165) is 24.7 Å². The zero-order valence-electron chi connectivity index (χ0n) is 8.99. The molecule has 0 bridgehead atoms. The largest absolute Gasteiger partial charge is 0.297 e. The predicted molar refractivity (Wildman–Crippen MR) is 60.7 cm³/mol. The van der Waals surface area contributed by atoms with Crippen molar-refractivity contribution in [3.63, 3.8) is 0 Å². The first-order chi connectivity index (χ1) is 7.28. The van der Waals surface area contributed by atoms with Crippen molar-refractivity contribution in [2.45, 2.75) is 26.3 Å². The molecule has 0 N–H and O–H groups in total. The van der Waals surface area contributed by atoms with E-state index in [2.05, 4.69) is 22.0 Å². The Bertz CT molecular complexity index is 308. The van der Waals surface area contributed by atoms with E-state index in [0.29, 0.717) is 5.15 Å². The van der Waals surface area contributed by atoms with Gasteiger partial charge in [0.25, 0.3) is 0 Å². The van der Waals surface area contributed by atoms with E-state index in [4.69, 9.17) is 11.6 Å². The van der Waals surface area contributed by atoms with Gasteiger partial charge >= 0.3 is 0 Å². The molecule has 15 heavy (non-hydrogen) atoms. The number of aromatic nitrogens is 2. The first kappa shape index (κ1) is 10.8. The van der Waals surface area contributed by atoms with Gasteiger partial charge in [0.2, 0.25) is 0 Å². The second kappa shape index (κ2) is 4.90. The van der Waals surface area contributed by atoms with Crippen LogP contribution in [0.2, 0.25) is 5.15 Å². The van der Waals surface area contributed by atoms with Crippen LogP contribution in [0.25, 0.3) is 0 Å². The molecule has 0 unspecified atom stereocenters. The Labute approximate surface area is 95.5 Å². The fraction of sp³-hybridized carbons (Fsp3) is 0.636. The van der Waals surface area contributed by atoms with E-state index in [1.165, 1.54) is 19.4 Å². The fourth-order valence-corrected chi connectivity index (χ4v) is 1.73. The molecule has 0 amide bonds. The van der Waals surface area contributed by atoms with E-state index < -0.39 is 0 Å². The molecule has 3 nitrogen and oxygen atoms in total. The van der Waals surface area contributed by atoms with Gasteiger partial charge in [0.15, 0.2) is 5.15 Å². The Morgan fingerprint density at radius 2 is 2.20 bits per heavy atom. The molecule has 2 rings (SSSR count). The van der Waals surface area contributed by atoms with Crippen LogP contribution in [-0.4, -0.2) is 28.2 Å². The van der Waals surface area contributed by atoms with Crippen LogP contribution < -0.4 is 0 Å². The minimum atomic E-state index is 0.462. The van der Waals surface area contributed by atoms with Crippen molar-refractivity contribution >= 4 is 11.6 Å². The van der Waals surface area contributed by atoms with Crippen LogP contribution in [0.4, 0.5) is 0 Å². The van der Waals surface area contributed by atoms with Gasteiger partial charge < -0.3 is 0 Å². The molecule has 1 fully saturated rings. The summed E-state index contributed by atoms with van der Waals surface area (Å²) in [6.07, 6.45) is 2.78. The van der Waals surface area contributed by atoms with Gasteiger partial charge in [0.1, 0.15) is 0 Å². The highest BCUT2D eigenvalue weighted by molar-refractivity contribution is 6.29. The third kappa shape index (κ3) is 3.43. The normalized spacial score (nSPS) is 15.9. The molecule has 1 aliphatic rings. The number of hydrogen-bond donors (Lipinski definition) is 0. The summed E-state index contributed by atoms with van der Waals surface area (Å²) in [4.78, 5) is 2.41. The fourth-order valence-electron chi connectivity index (χ4n) is 1.63. The highest BCUT2D eigenvalue weighted by Gasteiger charge is 2.23. The van der Waals surface area contributed by atoms with Crippen molar-refractivity contribution < 1.29 is 0 Å². The van der Waals surface area contributed by atoms with Crippen molar-refractivity contribution in [3.8, 4) is 0 Å². The van der Waals surface area contributed by atoms with E-state index in [9.17, 15) is 0 Å². The van der Waals surface area contributed by atoms with Gasteiger partial charge in [-0.3, -0.25) is 4.90 Å². The molecule has 0 aromatic carbocycles. The Morgan fingerprint density at radius 1 is 1.40 bits per heavy atom. The molecular formula is C11H16ClN3. The Hall–Kier alpha value is -0.670. The summed E-state index contributed by atoms with van der Waals surface area (Å²) >= 11 is 5.69. The minimum Gasteiger partial charge on any atom is -0.297 e. The molecule has 1 aromatic rings. The zero-order chi connectivity index (χ0) is 10.7. The van der Waals surface area contributed by atoms with Crippen LogP contribution in [0.3, 0.4) is 0 Å². The lowest BCUT2D eigenvalue weighted by atomic mass is 10.3. The number of hydrogen-bond acceptors (Lipinski definition) is 3. The van der Waals surface area contributed by atoms with Crippen molar-refractivity contribution in [1.82, 2.24) is 15.1 Å². The molecule has 1 aliphatic carbocycles. The van der Waals surface area contributed by atoms with Crippen LogP contribution in [0.1, 0.15) is 25.5 Å². The SMILES string of the molecule is CCN(Cc1ccc(Cl)nn1)CC1CC1. The van der Waals surface area contributed by atoms with Gasteiger partial charge in [0, 0.05) is 13.1 Å². The maximum atomic E-state index is 5.69. The van der Waals surface area contributed by atoms with Crippen molar-refractivity contribution in [3.05, 3.63) is 23.0 Å². The van der Waals surface area contributed by atoms with Crippen LogP contribution >= 0.6 is 11.6 Å². The van der Waals surface area contributed by atoms with Crippen LogP contribution in [0, 0.1) is 5.92 Å². The van der Waals surface area contributed by atoms with Crippen LogP contribution in [0.15, 0.2) is 12.1 Å². The molecule has 0 aliphatic heterocycles. The molecule has 82 valence electrons. The zero-order valence-corrected chi connectivity index (χ0v) is 9.74. The smallest absolute Gasteiger partial charge is 0.151 e. The molecule has 4 heteroatoms. The van der Waals surface area contributed by atoms with Crippen molar-refractivity contribution in [2.75, 3.05) is 13.1 Å². The average molecular weight is 226 g/mol. The van der Waals surface area contributed by atoms with Gasteiger partial charge in [0.05, 0.1) is 5.69 Å². The van der Waals surface area contributed by atoms with Gasteiger partial charge in [-0.15, -0.1) is 5.10 Å². The molecule has 0 spiro atoms. The maximum absolute atomic E-state index is 5.69. The third-order valence-corrected chi connectivity index (χ3v) is 2.93. The molecule has 1 saturated carbocycles. The quantitative estimate of drug-likeness (QED) is 0.771. The Kier molecular flexibility index (Phi) is 3.54. The maximum Gasteiger partial charge on any atom is 0.151 e. The van der Waals surface area contributed by atoms with Gasteiger partial charge in [-0.2, -0.15) is 5.10 Å². The van der Waals surface area contributed by atoms with Crippen molar-refractivity contribution in [1.29, 1.82) is 0 Å². The monoisotopic (exact) mass is 225 g/mol. The van der Waals surface area contributed by atoms with Crippen LogP contribution in [-0.2, 0) is 6.54 Å². The number of halogens is 1. The third-order valence-electron chi connectivity index (χ3n) is 2.73. The lowest BCUT2D eigenvalue weighted by Crippen LogP contribution is -2.25. The van der Waals surface area contributed by atoms with Crippen LogP contribution in [0.5, 0.6) is 0 Å². The summed E-state index contributed by atoms with van der Waals surface area (Å²) in [6, 6.07) is 3.75. The molecule has 1 heterocycles. The lowest BCUT2D eigenvalue weighted by molar-refractivity contribution is 0.264. The highest BCUT2D eigenvalue weighted by Crippen LogP contribution is 2.29. The standard InChI is InChI=1S/C11H16ClN3/c1-2-15(7-9-3-4-9)8-10-5-6-11(12)14-13-10/h5-6,9H,2-4,7-8H2,1H3. The summed E-state index contributed by atoms with van der Waals surface area (Å²) in [5, 5.41) is 8.38. The molecule has 1 aromatic heterocycles. The van der Waals surface area contributed by atoms with Gasteiger partial charge in [-0.05, 0) is 37.4 Å². The first-order valence-electron chi connectivity index (χ1n) is 5.48. The average Bonchev–Trinajstić information content (AvgIpc) is 3.04. The summed E-state index contributed by atoms with van der Waals surface area (Å²) < 4.78 is 0. The Balaban J connectivity index is 1.89. The van der Waals surface area contributed by atoms with Gasteiger partial charge in [-0.25, -0.2) is 0 Å². The molecule has 0 radical (unpaired) electrons. The van der Waals surface area contributed by atoms with E-state index >= 15 is 0 Å². The second-order valence-electron chi connectivity index (χ2n) is 4.12. The van der Waals surface area contributed by atoms with E-state index in [-0.39, 0.29) is 0 Å². The molecular weight excluding hydrogens is 210 g/mol. The predicted octanol–water partition coefficient (Wildman–Crippen LogP) is 2.36. The van der Waals surface area contributed by atoms with Crippen molar-refractivity contribution in [2.24, 2.45) is 5.92 Å². The second-order valence-corrected chi connectivity index (χ2v) is 4.51. The summed E-state index contributed by atoms with van der Waals surface area (Å²) in [7, 11) is 0. The molecule has 0 saturated heterocycles. The minimum absolute atomic E-state index is 0.462. The Morgan fingerprint density at radius 3 is 2.73 bits per heavy atom. The summed E-state index contributed by atoms with van der Waals surface area (Å²) in [6.45, 7) is 5.34. The first-order valence-corrected chi connectivity index (χ1v) is 5.86. The number of rotatable bonds is 5. The van der Waals surface area contributed by atoms with E-state index in [1.807, 2.05) is 6.07 Å². The number of nitrogens with zero attached hydrogens (tertiary/aromatic N) is 3. The highest BCUT2D eigenvalue weighted by atomic mass is 35.5. The van der Waals surface area contributed by atoms with E-state index in [1.54, 1.807) is 6.07 Å². The topological polar surface area (TPSA) is 29.0 Å².